The topological polar surface area (TPSA) is 63.7 Å². The Labute approximate surface area is 131 Å². The number of rotatable bonds is 5. The number of sulfonamides is 1. The second-order valence-electron chi connectivity index (χ2n) is 5.48. The van der Waals surface area contributed by atoms with Crippen LogP contribution in [0.25, 0.3) is 0 Å². The molecule has 1 aliphatic heterocycles. The van der Waals surface area contributed by atoms with Crippen molar-refractivity contribution in [2.75, 3.05) is 19.3 Å². The molecule has 0 radical (unpaired) electrons. The van der Waals surface area contributed by atoms with Crippen LogP contribution < -0.4 is 4.74 Å². The molecule has 1 aromatic rings. The lowest BCUT2D eigenvalue weighted by molar-refractivity contribution is -0.140. The van der Waals surface area contributed by atoms with E-state index in [1.807, 2.05) is 12.1 Å². The molecule has 1 aromatic carbocycles. The van der Waals surface area contributed by atoms with E-state index in [0.717, 1.165) is 5.56 Å². The van der Waals surface area contributed by atoms with Crippen molar-refractivity contribution in [1.29, 1.82) is 0 Å². The van der Waals surface area contributed by atoms with Gasteiger partial charge in [-0.25, -0.2) is 12.7 Å². The first-order valence-electron chi connectivity index (χ1n) is 7.27. The van der Waals surface area contributed by atoms with E-state index in [-0.39, 0.29) is 12.5 Å². The van der Waals surface area contributed by atoms with E-state index in [4.69, 9.17) is 4.74 Å². The lowest BCUT2D eigenvalue weighted by Crippen LogP contribution is -2.42. The average molecular weight is 323 g/mol. The van der Waals surface area contributed by atoms with Crippen LogP contribution in [0.2, 0.25) is 0 Å². The van der Waals surface area contributed by atoms with Gasteiger partial charge < -0.3 is 4.74 Å². The van der Waals surface area contributed by atoms with E-state index in [1.165, 1.54) is 10.6 Å². The number of hydrogen-bond acceptors (Lipinski definition) is 4. The van der Waals surface area contributed by atoms with E-state index >= 15 is 0 Å². The van der Waals surface area contributed by atoms with Crippen LogP contribution in [0.4, 0.5) is 0 Å². The lowest BCUT2D eigenvalue weighted by atomic mass is 10.00. The van der Waals surface area contributed by atoms with Gasteiger partial charge in [-0.05, 0) is 30.9 Å². The van der Waals surface area contributed by atoms with Gasteiger partial charge in [0.25, 0.3) is 0 Å². The van der Waals surface area contributed by atoms with Crippen molar-refractivity contribution in [3.8, 4) is 5.75 Å². The van der Waals surface area contributed by atoms with Crippen molar-refractivity contribution >= 4 is 16.0 Å². The minimum atomic E-state index is -3.27. The Balaban J connectivity index is 2.08. The number of piperidine rings is 1. The number of allylic oxidation sites excluding steroid dienone is 1. The molecule has 1 aliphatic rings. The lowest BCUT2D eigenvalue weighted by Gasteiger charge is -2.29. The summed E-state index contributed by atoms with van der Waals surface area (Å²) in [5.74, 6) is -0.269. The zero-order valence-electron chi connectivity index (χ0n) is 12.7. The number of nitrogens with zero attached hydrogens (tertiary/aromatic N) is 1. The first-order valence-corrected chi connectivity index (χ1v) is 9.12. The van der Waals surface area contributed by atoms with Gasteiger partial charge in [0.05, 0.1) is 12.2 Å². The van der Waals surface area contributed by atoms with E-state index in [1.54, 1.807) is 18.2 Å². The highest BCUT2D eigenvalue weighted by molar-refractivity contribution is 7.88. The largest absolute Gasteiger partial charge is 0.426 e. The molecular weight excluding hydrogens is 302 g/mol. The summed E-state index contributed by atoms with van der Waals surface area (Å²) in [7, 11) is -3.27. The molecule has 0 aliphatic carbocycles. The molecule has 1 atom stereocenters. The Morgan fingerprint density at radius 2 is 2.18 bits per heavy atom. The van der Waals surface area contributed by atoms with Crippen LogP contribution in [0, 0.1) is 5.92 Å². The third-order valence-corrected chi connectivity index (χ3v) is 5.00. The molecule has 5 nitrogen and oxygen atoms in total. The maximum absolute atomic E-state index is 12.3. The van der Waals surface area contributed by atoms with Gasteiger partial charge in [0.1, 0.15) is 5.75 Å². The van der Waals surface area contributed by atoms with Gasteiger partial charge in [-0.15, -0.1) is 6.58 Å². The molecule has 0 bridgehead atoms. The number of carbonyl (C=O) groups is 1. The van der Waals surface area contributed by atoms with E-state index in [2.05, 4.69) is 6.58 Å². The fourth-order valence-corrected chi connectivity index (χ4v) is 3.47. The number of hydrogen-bond donors (Lipinski definition) is 0. The van der Waals surface area contributed by atoms with Gasteiger partial charge in [0.2, 0.25) is 10.0 Å². The van der Waals surface area contributed by atoms with Crippen molar-refractivity contribution in [1.82, 2.24) is 4.31 Å². The Kier molecular flexibility index (Phi) is 5.37. The Morgan fingerprint density at radius 3 is 2.86 bits per heavy atom. The van der Waals surface area contributed by atoms with Crippen LogP contribution in [0.15, 0.2) is 36.9 Å². The quantitative estimate of drug-likeness (QED) is 0.472. The van der Waals surface area contributed by atoms with Crippen molar-refractivity contribution < 1.29 is 17.9 Å². The molecule has 120 valence electrons. The van der Waals surface area contributed by atoms with Crippen LogP contribution in [0.3, 0.4) is 0 Å². The normalized spacial score (nSPS) is 19.6. The zero-order valence-corrected chi connectivity index (χ0v) is 13.5. The maximum atomic E-state index is 12.3. The summed E-state index contributed by atoms with van der Waals surface area (Å²) in [5, 5.41) is 0. The number of ether oxygens (including phenoxy) is 1. The minimum Gasteiger partial charge on any atom is -0.426 e. The summed E-state index contributed by atoms with van der Waals surface area (Å²) in [6, 6.07) is 7.31. The van der Waals surface area contributed by atoms with Gasteiger partial charge in [0, 0.05) is 13.1 Å². The molecule has 0 amide bonds. The van der Waals surface area contributed by atoms with Crippen molar-refractivity contribution in [3.05, 3.63) is 42.5 Å². The molecule has 1 heterocycles. The number of carbonyl (C=O) groups excluding carboxylic acids is 1. The first kappa shape index (κ1) is 16.7. The molecule has 22 heavy (non-hydrogen) atoms. The van der Waals surface area contributed by atoms with Crippen LogP contribution in [0.1, 0.15) is 18.4 Å². The molecule has 6 heteroatoms. The summed E-state index contributed by atoms with van der Waals surface area (Å²) < 4.78 is 30.1. The number of para-hydroxylation sites is 1. The van der Waals surface area contributed by atoms with E-state index < -0.39 is 15.9 Å². The van der Waals surface area contributed by atoms with Crippen LogP contribution in [-0.4, -0.2) is 38.0 Å². The van der Waals surface area contributed by atoms with Gasteiger partial charge in [-0.1, -0.05) is 24.3 Å². The monoisotopic (exact) mass is 323 g/mol. The SMILES string of the molecule is C=CCc1ccccc1OC(=O)[C@H]1CCCN(S(C)(=O)=O)C1. The van der Waals surface area contributed by atoms with Gasteiger partial charge >= 0.3 is 5.97 Å². The van der Waals surface area contributed by atoms with E-state index in [0.29, 0.717) is 31.6 Å². The highest BCUT2D eigenvalue weighted by atomic mass is 32.2. The van der Waals surface area contributed by atoms with Crippen LogP contribution >= 0.6 is 0 Å². The highest BCUT2D eigenvalue weighted by Gasteiger charge is 2.31. The minimum absolute atomic E-state index is 0.196. The summed E-state index contributed by atoms with van der Waals surface area (Å²) in [4.78, 5) is 12.3. The Hall–Kier alpha value is -1.66. The zero-order chi connectivity index (χ0) is 16.2. The third kappa shape index (κ3) is 4.18. The van der Waals surface area contributed by atoms with Crippen LogP contribution in [0.5, 0.6) is 5.75 Å². The number of benzene rings is 1. The summed E-state index contributed by atoms with van der Waals surface area (Å²) in [5.41, 5.74) is 0.890. The molecule has 1 fully saturated rings. The fraction of sp³-hybridized carbons (Fsp3) is 0.438. The Bertz CT molecular complexity index is 654. The molecule has 1 saturated heterocycles. The molecule has 0 spiro atoms. The highest BCUT2D eigenvalue weighted by Crippen LogP contribution is 2.24. The summed E-state index contributed by atoms with van der Waals surface area (Å²) in [6.45, 7) is 4.35. The molecule has 0 aromatic heterocycles. The Morgan fingerprint density at radius 1 is 1.45 bits per heavy atom. The molecule has 0 unspecified atom stereocenters. The second-order valence-corrected chi connectivity index (χ2v) is 7.46. The first-order chi connectivity index (χ1) is 10.4. The van der Waals surface area contributed by atoms with Gasteiger partial charge in [0.15, 0.2) is 0 Å². The van der Waals surface area contributed by atoms with E-state index in [9.17, 15) is 13.2 Å². The van der Waals surface area contributed by atoms with Crippen molar-refractivity contribution in [2.24, 2.45) is 5.92 Å². The molecule has 0 N–H and O–H groups in total. The second kappa shape index (κ2) is 7.07. The summed E-state index contributed by atoms with van der Waals surface area (Å²) >= 11 is 0. The number of esters is 1. The van der Waals surface area contributed by atoms with Crippen LogP contribution in [-0.2, 0) is 21.2 Å². The van der Waals surface area contributed by atoms with Crippen molar-refractivity contribution in [2.45, 2.75) is 19.3 Å². The molecular formula is C16H21NO4S. The average Bonchev–Trinajstić information content (AvgIpc) is 2.49. The van der Waals surface area contributed by atoms with Gasteiger partial charge in [-0.3, -0.25) is 4.79 Å². The standard InChI is InChI=1S/C16H21NO4S/c1-3-7-13-8-4-5-10-15(13)21-16(18)14-9-6-11-17(12-14)22(2,19)20/h3-5,8,10,14H,1,6-7,9,11-12H2,2H3/t14-/m0/s1. The van der Waals surface area contributed by atoms with Gasteiger partial charge in [-0.2, -0.15) is 0 Å². The molecule has 2 rings (SSSR count). The smallest absolute Gasteiger partial charge is 0.315 e. The van der Waals surface area contributed by atoms with Crippen molar-refractivity contribution in [3.63, 3.8) is 0 Å². The molecule has 0 saturated carbocycles. The predicted octanol–water partition coefficient (Wildman–Crippen LogP) is 1.99. The summed E-state index contributed by atoms with van der Waals surface area (Å²) in [6.07, 6.45) is 4.85. The maximum Gasteiger partial charge on any atom is 0.315 e. The fourth-order valence-electron chi connectivity index (χ4n) is 2.56. The third-order valence-electron chi connectivity index (χ3n) is 3.73. The predicted molar refractivity (Wildman–Crippen MR) is 85.1 cm³/mol.